The first kappa shape index (κ1) is 11.0. The highest BCUT2D eigenvalue weighted by molar-refractivity contribution is 5.61. The Hall–Kier alpha value is -1.52. The SMILES string of the molecule is CC(C)C1CCN(c2nc[nH]c(=O)c2N)C1. The molecule has 0 radical (unpaired) electrons. The molecule has 0 aromatic carbocycles. The van der Waals surface area contributed by atoms with Gasteiger partial charge < -0.3 is 15.6 Å². The molecule has 0 saturated carbocycles. The highest BCUT2D eigenvalue weighted by Crippen LogP contribution is 2.28. The molecule has 1 aliphatic heterocycles. The summed E-state index contributed by atoms with van der Waals surface area (Å²) >= 11 is 0. The van der Waals surface area contributed by atoms with E-state index < -0.39 is 0 Å². The molecule has 88 valence electrons. The lowest BCUT2D eigenvalue weighted by atomic mass is 9.95. The Bertz CT molecular complexity index is 426. The molecule has 1 atom stereocenters. The van der Waals surface area contributed by atoms with Gasteiger partial charge in [-0.15, -0.1) is 0 Å². The lowest BCUT2D eigenvalue weighted by Crippen LogP contribution is -2.26. The molecule has 0 spiro atoms. The predicted octanol–water partition coefficient (Wildman–Crippen LogP) is 0.834. The van der Waals surface area contributed by atoms with Crippen LogP contribution in [0.3, 0.4) is 0 Å². The lowest BCUT2D eigenvalue weighted by molar-refractivity contribution is 0.422. The number of hydrogen-bond donors (Lipinski definition) is 2. The molecular formula is C11H18N4O. The third-order valence-electron chi connectivity index (χ3n) is 3.34. The van der Waals surface area contributed by atoms with Gasteiger partial charge in [0.15, 0.2) is 5.82 Å². The molecule has 5 heteroatoms. The topological polar surface area (TPSA) is 75.0 Å². The van der Waals surface area contributed by atoms with Crippen molar-refractivity contribution in [3.8, 4) is 0 Å². The first-order valence-electron chi connectivity index (χ1n) is 5.67. The number of H-pyrrole nitrogens is 1. The zero-order valence-corrected chi connectivity index (χ0v) is 9.73. The van der Waals surface area contributed by atoms with Gasteiger partial charge in [0, 0.05) is 13.1 Å². The number of hydrogen-bond acceptors (Lipinski definition) is 4. The average molecular weight is 222 g/mol. The molecule has 1 fully saturated rings. The second-order valence-electron chi connectivity index (χ2n) is 4.71. The van der Waals surface area contributed by atoms with Crippen LogP contribution in [0, 0.1) is 11.8 Å². The van der Waals surface area contributed by atoms with Gasteiger partial charge in [0.05, 0.1) is 6.33 Å². The first-order chi connectivity index (χ1) is 7.59. The first-order valence-corrected chi connectivity index (χ1v) is 5.67. The zero-order chi connectivity index (χ0) is 11.7. The van der Waals surface area contributed by atoms with Crippen LogP contribution in [0.25, 0.3) is 0 Å². The molecular weight excluding hydrogens is 204 g/mol. The summed E-state index contributed by atoms with van der Waals surface area (Å²) in [5.74, 6) is 1.96. The van der Waals surface area contributed by atoms with Crippen molar-refractivity contribution < 1.29 is 0 Å². The molecule has 1 aliphatic rings. The Morgan fingerprint density at radius 3 is 3.00 bits per heavy atom. The quantitative estimate of drug-likeness (QED) is 0.777. The minimum absolute atomic E-state index is 0.229. The van der Waals surface area contributed by atoms with Crippen LogP contribution in [0.5, 0.6) is 0 Å². The molecule has 0 aliphatic carbocycles. The summed E-state index contributed by atoms with van der Waals surface area (Å²) in [6, 6.07) is 0. The van der Waals surface area contributed by atoms with Gasteiger partial charge in [-0.1, -0.05) is 13.8 Å². The summed E-state index contributed by atoms with van der Waals surface area (Å²) in [6.07, 6.45) is 2.56. The van der Waals surface area contributed by atoms with E-state index in [2.05, 4.69) is 28.7 Å². The van der Waals surface area contributed by atoms with Crippen LogP contribution >= 0.6 is 0 Å². The van der Waals surface area contributed by atoms with E-state index in [1.807, 2.05) is 0 Å². The number of nitrogens with one attached hydrogen (secondary N) is 1. The van der Waals surface area contributed by atoms with Crippen LogP contribution in [0.15, 0.2) is 11.1 Å². The highest BCUT2D eigenvalue weighted by atomic mass is 16.1. The van der Waals surface area contributed by atoms with Gasteiger partial charge in [-0.2, -0.15) is 0 Å². The van der Waals surface area contributed by atoms with Gasteiger partial charge in [-0.3, -0.25) is 4.79 Å². The van der Waals surface area contributed by atoms with Gasteiger partial charge in [0.1, 0.15) is 5.69 Å². The van der Waals surface area contributed by atoms with Gasteiger partial charge in [0.25, 0.3) is 5.56 Å². The minimum Gasteiger partial charge on any atom is -0.391 e. The average Bonchev–Trinajstić information content (AvgIpc) is 2.71. The van der Waals surface area contributed by atoms with Crippen molar-refractivity contribution >= 4 is 11.5 Å². The van der Waals surface area contributed by atoms with Crippen molar-refractivity contribution in [1.29, 1.82) is 0 Å². The summed E-state index contributed by atoms with van der Waals surface area (Å²) in [7, 11) is 0. The maximum Gasteiger partial charge on any atom is 0.276 e. The molecule has 0 bridgehead atoms. The van der Waals surface area contributed by atoms with E-state index >= 15 is 0 Å². The molecule has 2 heterocycles. The minimum atomic E-state index is -0.252. The van der Waals surface area contributed by atoms with Gasteiger partial charge in [-0.05, 0) is 18.3 Å². The Balaban J connectivity index is 2.21. The van der Waals surface area contributed by atoms with E-state index in [-0.39, 0.29) is 11.2 Å². The largest absolute Gasteiger partial charge is 0.391 e. The fraction of sp³-hybridized carbons (Fsp3) is 0.636. The summed E-state index contributed by atoms with van der Waals surface area (Å²) < 4.78 is 0. The number of aromatic amines is 1. The summed E-state index contributed by atoms with van der Waals surface area (Å²) in [5.41, 5.74) is 5.71. The molecule has 0 amide bonds. The van der Waals surface area contributed by atoms with Gasteiger partial charge in [0.2, 0.25) is 0 Å². The summed E-state index contributed by atoms with van der Waals surface area (Å²) in [6.45, 7) is 6.33. The van der Waals surface area contributed by atoms with Crippen LogP contribution in [0.1, 0.15) is 20.3 Å². The fourth-order valence-corrected chi connectivity index (χ4v) is 2.18. The fourth-order valence-electron chi connectivity index (χ4n) is 2.18. The van der Waals surface area contributed by atoms with E-state index in [1.165, 1.54) is 6.33 Å². The molecule has 3 N–H and O–H groups in total. The van der Waals surface area contributed by atoms with E-state index in [0.717, 1.165) is 19.5 Å². The second kappa shape index (κ2) is 4.15. The molecule has 1 aromatic heterocycles. The van der Waals surface area contributed by atoms with E-state index in [9.17, 15) is 4.79 Å². The third-order valence-corrected chi connectivity index (χ3v) is 3.34. The van der Waals surface area contributed by atoms with Crippen LogP contribution in [-0.2, 0) is 0 Å². The Morgan fingerprint density at radius 2 is 2.38 bits per heavy atom. The van der Waals surface area contributed by atoms with Gasteiger partial charge >= 0.3 is 0 Å². The number of aromatic nitrogens is 2. The van der Waals surface area contributed by atoms with Crippen LogP contribution in [0.4, 0.5) is 11.5 Å². The van der Waals surface area contributed by atoms with Crippen molar-refractivity contribution in [1.82, 2.24) is 9.97 Å². The molecule has 5 nitrogen and oxygen atoms in total. The van der Waals surface area contributed by atoms with Crippen molar-refractivity contribution in [3.05, 3.63) is 16.7 Å². The number of anilines is 2. The lowest BCUT2D eigenvalue weighted by Gasteiger charge is -2.19. The van der Waals surface area contributed by atoms with E-state index in [4.69, 9.17) is 5.73 Å². The molecule has 1 saturated heterocycles. The molecule has 1 aromatic rings. The second-order valence-corrected chi connectivity index (χ2v) is 4.71. The van der Waals surface area contributed by atoms with Crippen molar-refractivity contribution in [2.75, 3.05) is 23.7 Å². The standard InChI is InChI=1S/C11H18N4O/c1-7(2)8-3-4-15(5-8)10-9(12)11(16)14-6-13-10/h6-8H,3-5,12H2,1-2H3,(H,13,14,16). The third kappa shape index (κ3) is 1.89. The monoisotopic (exact) mass is 222 g/mol. The Morgan fingerprint density at radius 1 is 1.62 bits per heavy atom. The number of nitrogen functional groups attached to an aromatic ring is 1. The number of nitrogens with two attached hydrogens (primary N) is 1. The van der Waals surface area contributed by atoms with Gasteiger partial charge in [-0.25, -0.2) is 4.98 Å². The smallest absolute Gasteiger partial charge is 0.276 e. The Kier molecular flexibility index (Phi) is 2.85. The van der Waals surface area contributed by atoms with Crippen LogP contribution < -0.4 is 16.2 Å². The maximum atomic E-state index is 11.4. The van der Waals surface area contributed by atoms with Crippen molar-refractivity contribution in [2.45, 2.75) is 20.3 Å². The number of nitrogens with zero attached hydrogens (tertiary/aromatic N) is 2. The van der Waals surface area contributed by atoms with Crippen molar-refractivity contribution in [2.24, 2.45) is 11.8 Å². The zero-order valence-electron chi connectivity index (χ0n) is 9.73. The van der Waals surface area contributed by atoms with Crippen LogP contribution in [0.2, 0.25) is 0 Å². The van der Waals surface area contributed by atoms with E-state index in [0.29, 0.717) is 17.7 Å². The Labute approximate surface area is 94.7 Å². The summed E-state index contributed by atoms with van der Waals surface area (Å²) in [5, 5.41) is 0. The summed E-state index contributed by atoms with van der Waals surface area (Å²) in [4.78, 5) is 20.1. The maximum absolute atomic E-state index is 11.4. The molecule has 16 heavy (non-hydrogen) atoms. The molecule has 2 rings (SSSR count). The number of rotatable bonds is 2. The van der Waals surface area contributed by atoms with Crippen molar-refractivity contribution in [3.63, 3.8) is 0 Å². The highest BCUT2D eigenvalue weighted by Gasteiger charge is 2.27. The molecule has 1 unspecified atom stereocenters. The normalized spacial score (nSPS) is 20.7. The predicted molar refractivity (Wildman–Crippen MR) is 64.4 cm³/mol. The van der Waals surface area contributed by atoms with Crippen LogP contribution in [-0.4, -0.2) is 23.1 Å². The van der Waals surface area contributed by atoms with E-state index in [1.54, 1.807) is 0 Å².